The lowest BCUT2D eigenvalue weighted by Crippen LogP contribution is -2.09. The van der Waals surface area contributed by atoms with Crippen LogP contribution in [-0.2, 0) is 31.9 Å². The SMILES string of the molecule is O=C(Cc1ccccc1)OCC=CCOC(=O)Cc1ccccc1. The predicted octanol–water partition coefficient (Wildman–Crippen LogP) is 3.11. The molecule has 4 nitrogen and oxygen atoms in total. The average molecular weight is 324 g/mol. The number of carbonyl (C=O) groups excluding carboxylic acids is 2. The number of rotatable bonds is 8. The van der Waals surface area contributed by atoms with Gasteiger partial charge in [0.1, 0.15) is 13.2 Å². The van der Waals surface area contributed by atoms with Crippen LogP contribution < -0.4 is 0 Å². The molecule has 0 fully saturated rings. The van der Waals surface area contributed by atoms with Gasteiger partial charge in [-0.3, -0.25) is 9.59 Å². The number of benzene rings is 2. The molecule has 2 rings (SSSR count). The summed E-state index contributed by atoms with van der Waals surface area (Å²) in [6.07, 6.45) is 3.83. The minimum absolute atomic E-state index is 0.169. The van der Waals surface area contributed by atoms with Crippen molar-refractivity contribution in [3.05, 3.63) is 83.9 Å². The van der Waals surface area contributed by atoms with Gasteiger partial charge in [-0.1, -0.05) is 60.7 Å². The highest BCUT2D eigenvalue weighted by molar-refractivity contribution is 5.73. The van der Waals surface area contributed by atoms with Crippen LogP contribution >= 0.6 is 0 Å². The summed E-state index contributed by atoms with van der Waals surface area (Å²) in [6, 6.07) is 18.8. The quantitative estimate of drug-likeness (QED) is 0.553. The number of ether oxygens (including phenoxy) is 2. The van der Waals surface area contributed by atoms with Gasteiger partial charge in [0, 0.05) is 0 Å². The van der Waals surface area contributed by atoms with Crippen LogP contribution in [-0.4, -0.2) is 25.2 Å². The van der Waals surface area contributed by atoms with Gasteiger partial charge in [-0.05, 0) is 23.3 Å². The van der Waals surface area contributed by atoms with Gasteiger partial charge in [0.15, 0.2) is 0 Å². The maximum atomic E-state index is 11.6. The molecule has 0 saturated carbocycles. The summed E-state index contributed by atoms with van der Waals surface area (Å²) in [4.78, 5) is 23.2. The molecule has 0 saturated heterocycles. The smallest absolute Gasteiger partial charge is 0.310 e. The van der Waals surface area contributed by atoms with Gasteiger partial charge in [-0.15, -0.1) is 0 Å². The van der Waals surface area contributed by atoms with Gasteiger partial charge in [0.05, 0.1) is 12.8 Å². The van der Waals surface area contributed by atoms with Crippen molar-refractivity contribution in [3.63, 3.8) is 0 Å². The topological polar surface area (TPSA) is 52.6 Å². The molecule has 0 heterocycles. The Morgan fingerprint density at radius 2 is 1.04 bits per heavy atom. The molecule has 0 atom stereocenters. The molecule has 0 amide bonds. The van der Waals surface area contributed by atoms with E-state index in [4.69, 9.17) is 9.47 Å². The summed E-state index contributed by atoms with van der Waals surface area (Å²) in [5.74, 6) is -0.571. The molecule has 24 heavy (non-hydrogen) atoms. The Morgan fingerprint density at radius 3 is 1.42 bits per heavy atom. The van der Waals surface area contributed by atoms with Crippen molar-refractivity contribution in [1.29, 1.82) is 0 Å². The molecule has 2 aromatic carbocycles. The summed E-state index contributed by atoms with van der Waals surface area (Å²) < 4.78 is 10.2. The zero-order valence-electron chi connectivity index (χ0n) is 13.4. The second kappa shape index (κ2) is 10.0. The van der Waals surface area contributed by atoms with Crippen molar-refractivity contribution < 1.29 is 19.1 Å². The van der Waals surface area contributed by atoms with Crippen molar-refractivity contribution in [2.75, 3.05) is 13.2 Å². The largest absolute Gasteiger partial charge is 0.461 e. The highest BCUT2D eigenvalue weighted by atomic mass is 16.5. The van der Waals surface area contributed by atoms with Crippen molar-refractivity contribution >= 4 is 11.9 Å². The monoisotopic (exact) mass is 324 g/mol. The van der Waals surface area contributed by atoms with Gasteiger partial charge in [-0.2, -0.15) is 0 Å². The number of hydrogen-bond donors (Lipinski definition) is 0. The van der Waals surface area contributed by atoms with E-state index >= 15 is 0 Å². The van der Waals surface area contributed by atoms with Crippen LogP contribution in [0.25, 0.3) is 0 Å². The number of carbonyl (C=O) groups is 2. The van der Waals surface area contributed by atoms with Gasteiger partial charge in [0.25, 0.3) is 0 Å². The Kier molecular flexibility index (Phi) is 7.28. The Hall–Kier alpha value is -2.88. The third-order valence-electron chi connectivity index (χ3n) is 3.23. The van der Waals surface area contributed by atoms with E-state index in [0.29, 0.717) is 0 Å². The first kappa shape index (κ1) is 17.5. The molecular formula is C20H20O4. The van der Waals surface area contributed by atoms with Crippen LogP contribution in [0.3, 0.4) is 0 Å². The second-order valence-electron chi connectivity index (χ2n) is 5.16. The van der Waals surface area contributed by atoms with Crippen molar-refractivity contribution in [1.82, 2.24) is 0 Å². The van der Waals surface area contributed by atoms with Crippen molar-refractivity contribution in [2.24, 2.45) is 0 Å². The summed E-state index contributed by atoms with van der Waals surface area (Å²) in [5.41, 5.74) is 1.84. The fourth-order valence-electron chi connectivity index (χ4n) is 2.05. The molecule has 0 aliphatic rings. The van der Waals surface area contributed by atoms with Crippen LogP contribution in [0.4, 0.5) is 0 Å². The van der Waals surface area contributed by atoms with E-state index in [9.17, 15) is 9.59 Å². The summed E-state index contributed by atoms with van der Waals surface area (Å²) >= 11 is 0. The fraction of sp³-hybridized carbons (Fsp3) is 0.200. The molecule has 0 aliphatic carbocycles. The van der Waals surface area contributed by atoms with E-state index in [0.717, 1.165) is 11.1 Å². The maximum Gasteiger partial charge on any atom is 0.310 e. The minimum Gasteiger partial charge on any atom is -0.461 e. The fourth-order valence-corrected chi connectivity index (χ4v) is 2.05. The summed E-state index contributed by atoms with van der Waals surface area (Å²) in [7, 11) is 0. The van der Waals surface area contributed by atoms with Gasteiger partial charge in [0.2, 0.25) is 0 Å². The second-order valence-corrected chi connectivity index (χ2v) is 5.16. The van der Waals surface area contributed by atoms with Crippen LogP contribution in [0.5, 0.6) is 0 Å². The highest BCUT2D eigenvalue weighted by Gasteiger charge is 2.04. The van der Waals surface area contributed by atoms with E-state index < -0.39 is 0 Å². The predicted molar refractivity (Wildman–Crippen MR) is 91.4 cm³/mol. The molecule has 124 valence electrons. The molecule has 2 aromatic rings. The highest BCUT2D eigenvalue weighted by Crippen LogP contribution is 2.02. The standard InChI is InChI=1S/C20H20O4/c21-19(15-17-9-3-1-4-10-17)23-13-7-8-14-24-20(22)16-18-11-5-2-6-12-18/h1-12H,13-16H2. The third-order valence-corrected chi connectivity index (χ3v) is 3.23. The molecule has 0 N–H and O–H groups in total. The number of hydrogen-bond acceptors (Lipinski definition) is 4. The van der Waals surface area contributed by atoms with E-state index in [2.05, 4.69) is 0 Å². The molecule has 0 aliphatic heterocycles. The number of esters is 2. The molecular weight excluding hydrogens is 304 g/mol. The van der Waals surface area contributed by atoms with Crippen LogP contribution in [0.1, 0.15) is 11.1 Å². The molecule has 0 aromatic heterocycles. The first-order valence-corrected chi connectivity index (χ1v) is 7.78. The van der Waals surface area contributed by atoms with Gasteiger partial charge < -0.3 is 9.47 Å². The molecule has 4 heteroatoms. The van der Waals surface area contributed by atoms with E-state index in [1.165, 1.54) is 0 Å². The van der Waals surface area contributed by atoms with E-state index in [1.807, 2.05) is 60.7 Å². The summed E-state index contributed by atoms with van der Waals surface area (Å²) in [5, 5.41) is 0. The molecule has 0 radical (unpaired) electrons. The lowest BCUT2D eigenvalue weighted by molar-refractivity contribution is -0.142. The summed E-state index contributed by atoms with van der Waals surface area (Å²) in [6.45, 7) is 0.337. The first-order chi connectivity index (χ1) is 11.7. The van der Waals surface area contributed by atoms with E-state index in [-0.39, 0.29) is 38.0 Å². The third kappa shape index (κ3) is 6.92. The Labute approximate surface area is 141 Å². The molecule has 0 bridgehead atoms. The zero-order valence-corrected chi connectivity index (χ0v) is 13.4. The lowest BCUT2D eigenvalue weighted by atomic mass is 10.2. The Morgan fingerprint density at radius 1 is 0.667 bits per heavy atom. The van der Waals surface area contributed by atoms with Gasteiger partial charge >= 0.3 is 11.9 Å². The van der Waals surface area contributed by atoms with Crippen LogP contribution in [0.15, 0.2) is 72.8 Å². The average Bonchev–Trinajstić information content (AvgIpc) is 2.60. The van der Waals surface area contributed by atoms with Crippen molar-refractivity contribution in [3.8, 4) is 0 Å². The zero-order chi connectivity index (χ0) is 17.0. The van der Waals surface area contributed by atoms with Crippen LogP contribution in [0.2, 0.25) is 0 Å². The maximum absolute atomic E-state index is 11.6. The Balaban J connectivity index is 1.57. The van der Waals surface area contributed by atoms with E-state index in [1.54, 1.807) is 12.2 Å². The Bertz CT molecular complexity index is 603. The van der Waals surface area contributed by atoms with Crippen LogP contribution in [0, 0.1) is 0 Å². The molecule has 0 unspecified atom stereocenters. The minimum atomic E-state index is -0.285. The lowest BCUT2D eigenvalue weighted by Gasteiger charge is -2.03. The first-order valence-electron chi connectivity index (χ1n) is 7.78. The molecule has 0 spiro atoms. The van der Waals surface area contributed by atoms with Gasteiger partial charge in [-0.25, -0.2) is 0 Å². The normalized spacial score (nSPS) is 10.5. The van der Waals surface area contributed by atoms with Crippen molar-refractivity contribution in [2.45, 2.75) is 12.8 Å².